The normalized spacial score (nSPS) is 19.5. The standard InChI is InChI=1S/C15H18N2O/c1-2-17-14-8-4-3-6-11(14)10-12(15(17)18)13-7-5-9-16-13/h3-4,6,8,10,13,16H,2,5,7,9H2,1H3. The molecule has 94 valence electrons. The predicted molar refractivity (Wildman–Crippen MR) is 73.9 cm³/mol. The highest BCUT2D eigenvalue weighted by Crippen LogP contribution is 2.23. The van der Waals surface area contributed by atoms with Crippen LogP contribution in [0.1, 0.15) is 31.4 Å². The molecular weight excluding hydrogens is 224 g/mol. The number of benzene rings is 1. The molecule has 0 amide bonds. The lowest BCUT2D eigenvalue weighted by molar-refractivity contribution is 0.625. The monoisotopic (exact) mass is 242 g/mol. The topological polar surface area (TPSA) is 34.0 Å². The Morgan fingerprint density at radius 1 is 1.39 bits per heavy atom. The molecule has 1 saturated heterocycles. The van der Waals surface area contributed by atoms with Crippen molar-refractivity contribution in [1.82, 2.24) is 9.88 Å². The quantitative estimate of drug-likeness (QED) is 0.877. The summed E-state index contributed by atoms with van der Waals surface area (Å²) in [4.78, 5) is 12.5. The number of nitrogens with zero attached hydrogens (tertiary/aromatic N) is 1. The van der Waals surface area contributed by atoms with E-state index in [1.165, 1.54) is 0 Å². The Morgan fingerprint density at radius 3 is 2.94 bits per heavy atom. The van der Waals surface area contributed by atoms with Crippen molar-refractivity contribution < 1.29 is 0 Å². The first kappa shape index (κ1) is 11.5. The van der Waals surface area contributed by atoms with E-state index in [1.807, 2.05) is 29.7 Å². The molecule has 1 N–H and O–H groups in total. The van der Waals surface area contributed by atoms with Crippen molar-refractivity contribution in [1.29, 1.82) is 0 Å². The van der Waals surface area contributed by atoms with Crippen LogP contribution in [0.25, 0.3) is 10.9 Å². The highest BCUT2D eigenvalue weighted by Gasteiger charge is 2.20. The first-order valence-electron chi connectivity index (χ1n) is 6.67. The Bertz CT molecular complexity index is 624. The van der Waals surface area contributed by atoms with E-state index >= 15 is 0 Å². The molecule has 0 radical (unpaired) electrons. The number of aryl methyl sites for hydroxylation is 1. The molecule has 3 heteroatoms. The number of aromatic nitrogens is 1. The number of para-hydroxylation sites is 1. The van der Waals surface area contributed by atoms with Gasteiger partial charge in [-0.2, -0.15) is 0 Å². The van der Waals surface area contributed by atoms with Crippen molar-refractivity contribution in [2.45, 2.75) is 32.4 Å². The molecule has 0 spiro atoms. The predicted octanol–water partition coefficient (Wildman–Crippen LogP) is 2.45. The number of nitrogens with one attached hydrogen (secondary N) is 1. The first-order chi connectivity index (χ1) is 8.81. The van der Waals surface area contributed by atoms with E-state index in [0.29, 0.717) is 0 Å². The van der Waals surface area contributed by atoms with Crippen LogP contribution in [0.2, 0.25) is 0 Å². The lowest BCUT2D eigenvalue weighted by atomic mass is 10.0. The van der Waals surface area contributed by atoms with Gasteiger partial charge in [0.25, 0.3) is 5.56 Å². The average molecular weight is 242 g/mol. The number of pyridine rings is 1. The molecule has 18 heavy (non-hydrogen) atoms. The molecule has 2 aromatic rings. The third kappa shape index (κ3) is 1.75. The van der Waals surface area contributed by atoms with Crippen molar-refractivity contribution in [2.24, 2.45) is 0 Å². The van der Waals surface area contributed by atoms with Gasteiger partial charge in [0.2, 0.25) is 0 Å². The van der Waals surface area contributed by atoms with Crippen molar-refractivity contribution >= 4 is 10.9 Å². The summed E-state index contributed by atoms with van der Waals surface area (Å²) in [7, 11) is 0. The molecule has 1 aliphatic rings. The molecule has 3 rings (SSSR count). The molecule has 1 fully saturated rings. The van der Waals surface area contributed by atoms with Crippen molar-refractivity contribution in [3.63, 3.8) is 0 Å². The van der Waals surface area contributed by atoms with E-state index in [-0.39, 0.29) is 11.6 Å². The molecule has 1 aromatic heterocycles. The van der Waals surface area contributed by atoms with Crippen molar-refractivity contribution in [3.8, 4) is 0 Å². The summed E-state index contributed by atoms with van der Waals surface area (Å²) < 4.78 is 1.88. The average Bonchev–Trinajstić information content (AvgIpc) is 2.92. The van der Waals surface area contributed by atoms with Crippen LogP contribution in [0.15, 0.2) is 35.1 Å². The van der Waals surface area contributed by atoms with E-state index in [1.54, 1.807) is 0 Å². The summed E-state index contributed by atoms with van der Waals surface area (Å²) in [5, 5.41) is 4.57. The van der Waals surface area contributed by atoms with Crippen LogP contribution in [0.5, 0.6) is 0 Å². The van der Waals surface area contributed by atoms with Crippen LogP contribution >= 0.6 is 0 Å². The summed E-state index contributed by atoms with van der Waals surface area (Å²) in [6, 6.07) is 10.4. The maximum atomic E-state index is 12.5. The van der Waals surface area contributed by atoms with Crippen molar-refractivity contribution in [3.05, 3.63) is 46.2 Å². The van der Waals surface area contributed by atoms with Crippen LogP contribution in [0.4, 0.5) is 0 Å². The second kappa shape index (κ2) is 4.58. The minimum absolute atomic E-state index is 0.163. The zero-order chi connectivity index (χ0) is 12.5. The zero-order valence-corrected chi connectivity index (χ0v) is 10.6. The van der Waals surface area contributed by atoms with Crippen LogP contribution in [-0.4, -0.2) is 11.1 Å². The summed E-state index contributed by atoms with van der Waals surface area (Å²) in [6.07, 6.45) is 2.22. The molecule has 2 heterocycles. The second-order valence-electron chi connectivity index (χ2n) is 4.86. The largest absolute Gasteiger partial charge is 0.310 e. The van der Waals surface area contributed by atoms with E-state index in [2.05, 4.69) is 17.4 Å². The summed E-state index contributed by atoms with van der Waals surface area (Å²) in [5.41, 5.74) is 2.12. The van der Waals surface area contributed by atoms with Gasteiger partial charge in [-0.05, 0) is 43.8 Å². The number of rotatable bonds is 2. The lowest BCUT2D eigenvalue weighted by Gasteiger charge is -2.15. The molecular formula is C15H18N2O. The van der Waals surface area contributed by atoms with E-state index in [4.69, 9.17) is 0 Å². The van der Waals surface area contributed by atoms with Gasteiger partial charge in [0.15, 0.2) is 0 Å². The third-order valence-electron chi connectivity index (χ3n) is 3.78. The van der Waals surface area contributed by atoms with Gasteiger partial charge in [-0.1, -0.05) is 18.2 Å². The van der Waals surface area contributed by atoms with Gasteiger partial charge in [0, 0.05) is 18.2 Å². The van der Waals surface area contributed by atoms with Gasteiger partial charge >= 0.3 is 0 Å². The fraction of sp³-hybridized carbons (Fsp3) is 0.400. The maximum Gasteiger partial charge on any atom is 0.255 e. The van der Waals surface area contributed by atoms with E-state index in [9.17, 15) is 4.79 Å². The van der Waals surface area contributed by atoms with Crippen LogP contribution in [0.3, 0.4) is 0 Å². The molecule has 0 saturated carbocycles. The smallest absolute Gasteiger partial charge is 0.255 e. The Morgan fingerprint density at radius 2 is 2.22 bits per heavy atom. The zero-order valence-electron chi connectivity index (χ0n) is 10.6. The maximum absolute atomic E-state index is 12.5. The van der Waals surface area contributed by atoms with Crippen molar-refractivity contribution in [2.75, 3.05) is 6.54 Å². The number of hydrogen-bond donors (Lipinski definition) is 1. The van der Waals surface area contributed by atoms with Gasteiger partial charge < -0.3 is 9.88 Å². The lowest BCUT2D eigenvalue weighted by Crippen LogP contribution is -2.28. The third-order valence-corrected chi connectivity index (χ3v) is 3.78. The second-order valence-corrected chi connectivity index (χ2v) is 4.86. The number of hydrogen-bond acceptors (Lipinski definition) is 2. The highest BCUT2D eigenvalue weighted by atomic mass is 16.1. The summed E-state index contributed by atoms with van der Waals surface area (Å²) in [5.74, 6) is 0. The highest BCUT2D eigenvalue weighted by molar-refractivity contribution is 5.79. The van der Waals surface area contributed by atoms with Gasteiger partial charge in [-0.3, -0.25) is 4.79 Å². The first-order valence-corrected chi connectivity index (χ1v) is 6.67. The van der Waals surface area contributed by atoms with Gasteiger partial charge in [0.05, 0.1) is 5.52 Å². The van der Waals surface area contributed by atoms with Gasteiger partial charge in [-0.15, -0.1) is 0 Å². The Balaban J connectivity index is 2.26. The van der Waals surface area contributed by atoms with E-state index < -0.39 is 0 Å². The summed E-state index contributed by atoms with van der Waals surface area (Å²) in [6.45, 7) is 3.77. The van der Waals surface area contributed by atoms with E-state index in [0.717, 1.165) is 42.4 Å². The minimum Gasteiger partial charge on any atom is -0.310 e. The molecule has 1 atom stereocenters. The molecule has 1 aliphatic heterocycles. The number of fused-ring (bicyclic) bond motifs is 1. The molecule has 1 aromatic carbocycles. The molecule has 1 unspecified atom stereocenters. The molecule has 0 aliphatic carbocycles. The van der Waals surface area contributed by atoms with Crippen LogP contribution in [-0.2, 0) is 6.54 Å². The fourth-order valence-corrected chi connectivity index (χ4v) is 2.86. The SMILES string of the molecule is CCn1c(=O)c(C2CCCN2)cc2ccccc21. The molecule has 0 bridgehead atoms. The minimum atomic E-state index is 0.163. The Labute approximate surface area is 106 Å². The van der Waals surface area contributed by atoms with Gasteiger partial charge in [0.1, 0.15) is 0 Å². The fourth-order valence-electron chi connectivity index (χ4n) is 2.86. The van der Waals surface area contributed by atoms with Crippen LogP contribution < -0.4 is 10.9 Å². The summed E-state index contributed by atoms with van der Waals surface area (Å²) >= 11 is 0. The molecule has 3 nitrogen and oxygen atoms in total. The Hall–Kier alpha value is -1.61. The Kier molecular flexibility index (Phi) is 2.92. The van der Waals surface area contributed by atoms with Crippen LogP contribution in [0, 0.1) is 0 Å². The van der Waals surface area contributed by atoms with Gasteiger partial charge in [-0.25, -0.2) is 0 Å².